The van der Waals surface area contributed by atoms with Gasteiger partial charge in [0.1, 0.15) is 6.04 Å². The zero-order valence-electron chi connectivity index (χ0n) is 13.6. The second-order valence-corrected chi connectivity index (χ2v) is 6.40. The second kappa shape index (κ2) is 5.91. The summed E-state index contributed by atoms with van der Waals surface area (Å²) in [6.07, 6.45) is 0.854. The minimum absolute atomic E-state index is 0.0423. The average Bonchev–Trinajstić information content (AvgIpc) is 2.91. The summed E-state index contributed by atoms with van der Waals surface area (Å²) in [5.74, 6) is 0.853. The van der Waals surface area contributed by atoms with Crippen molar-refractivity contribution in [3.05, 3.63) is 76.1 Å². The predicted molar refractivity (Wildman–Crippen MR) is 96.8 cm³/mol. The molecule has 0 fully saturated rings. The van der Waals surface area contributed by atoms with Crippen molar-refractivity contribution in [3.63, 3.8) is 0 Å². The number of rotatable bonds is 2. The predicted octanol–water partition coefficient (Wildman–Crippen LogP) is 5.61. The van der Waals surface area contributed by atoms with Crippen molar-refractivity contribution in [1.82, 2.24) is 5.16 Å². The van der Waals surface area contributed by atoms with Crippen LogP contribution in [0, 0.1) is 6.92 Å². The van der Waals surface area contributed by atoms with E-state index in [1.807, 2.05) is 43.3 Å². The quantitative estimate of drug-likeness (QED) is 0.610. The van der Waals surface area contributed by atoms with E-state index in [0.29, 0.717) is 0 Å². The number of fused-ring (bicyclic) bond motifs is 3. The van der Waals surface area contributed by atoms with Crippen LogP contribution in [0.1, 0.15) is 42.0 Å². The number of aliphatic imine (C=N–C) groups is 1. The Morgan fingerprint density at radius 1 is 1.04 bits per heavy atom. The molecule has 0 bridgehead atoms. The summed E-state index contributed by atoms with van der Waals surface area (Å²) in [4.78, 5) is 5.03. The lowest BCUT2D eigenvalue weighted by Gasteiger charge is -2.11. The fraction of sp³-hybridized carbons (Fsp3) is 0.200. The molecule has 24 heavy (non-hydrogen) atoms. The molecule has 0 spiro atoms. The fourth-order valence-corrected chi connectivity index (χ4v) is 3.37. The van der Waals surface area contributed by atoms with Crippen LogP contribution >= 0.6 is 11.6 Å². The zero-order chi connectivity index (χ0) is 16.7. The van der Waals surface area contributed by atoms with Crippen molar-refractivity contribution in [2.45, 2.75) is 26.3 Å². The number of hydrogen-bond donors (Lipinski definition) is 0. The SMILES string of the molecule is CC[C@@H]1N=C(c2ccc(Cl)cc2)c2ccccc2-c2c(C)noc21. The second-order valence-electron chi connectivity index (χ2n) is 5.96. The highest BCUT2D eigenvalue weighted by molar-refractivity contribution is 6.30. The number of aryl methyl sites for hydroxylation is 1. The van der Waals surface area contributed by atoms with E-state index in [4.69, 9.17) is 21.1 Å². The standard InChI is InChI=1S/C20H17ClN2O/c1-3-17-20-18(12(2)23-24-20)15-6-4-5-7-16(15)19(22-17)13-8-10-14(21)11-9-13/h4-11,17H,3H2,1-2H3/t17-/m0/s1. The summed E-state index contributed by atoms with van der Waals surface area (Å²) in [6, 6.07) is 16.1. The van der Waals surface area contributed by atoms with Crippen LogP contribution in [0.5, 0.6) is 0 Å². The van der Waals surface area contributed by atoms with Gasteiger partial charge in [-0.05, 0) is 31.0 Å². The lowest BCUT2D eigenvalue weighted by atomic mass is 9.93. The van der Waals surface area contributed by atoms with Crippen LogP contribution in [0.3, 0.4) is 0 Å². The number of halogens is 1. The van der Waals surface area contributed by atoms with Crippen LogP contribution in [-0.2, 0) is 0 Å². The molecule has 3 aromatic rings. The van der Waals surface area contributed by atoms with E-state index in [1.54, 1.807) is 0 Å². The molecule has 1 aromatic heterocycles. The van der Waals surface area contributed by atoms with Gasteiger partial charge in [-0.3, -0.25) is 4.99 Å². The summed E-state index contributed by atoms with van der Waals surface area (Å²) in [7, 11) is 0. The average molecular weight is 337 g/mol. The first-order chi connectivity index (χ1) is 11.7. The molecule has 3 nitrogen and oxygen atoms in total. The van der Waals surface area contributed by atoms with Crippen molar-refractivity contribution in [2.75, 3.05) is 0 Å². The Kier molecular flexibility index (Phi) is 3.73. The molecule has 1 atom stereocenters. The largest absolute Gasteiger partial charge is 0.358 e. The van der Waals surface area contributed by atoms with Crippen LogP contribution in [0.4, 0.5) is 0 Å². The minimum atomic E-state index is -0.0423. The molecule has 0 amide bonds. The summed E-state index contributed by atoms with van der Waals surface area (Å²) >= 11 is 6.05. The Balaban J connectivity index is 2.01. The molecule has 2 heterocycles. The van der Waals surface area contributed by atoms with Crippen LogP contribution < -0.4 is 0 Å². The Bertz CT molecular complexity index is 925. The molecular formula is C20H17ClN2O. The first-order valence-electron chi connectivity index (χ1n) is 8.08. The van der Waals surface area contributed by atoms with Crippen molar-refractivity contribution in [3.8, 4) is 11.1 Å². The van der Waals surface area contributed by atoms with Crippen molar-refractivity contribution in [2.24, 2.45) is 4.99 Å². The third-order valence-electron chi connectivity index (χ3n) is 4.43. The van der Waals surface area contributed by atoms with E-state index in [2.05, 4.69) is 24.2 Å². The minimum Gasteiger partial charge on any atom is -0.358 e. The van der Waals surface area contributed by atoms with Crippen molar-refractivity contribution in [1.29, 1.82) is 0 Å². The third kappa shape index (κ3) is 2.36. The Labute approximate surface area is 146 Å². The highest BCUT2D eigenvalue weighted by atomic mass is 35.5. The van der Waals surface area contributed by atoms with Gasteiger partial charge in [0, 0.05) is 16.1 Å². The Morgan fingerprint density at radius 3 is 2.46 bits per heavy atom. The van der Waals surface area contributed by atoms with E-state index >= 15 is 0 Å². The molecule has 0 saturated heterocycles. The summed E-state index contributed by atoms with van der Waals surface area (Å²) in [5, 5.41) is 4.91. The van der Waals surface area contributed by atoms with Crippen LogP contribution in [0.15, 0.2) is 58.0 Å². The van der Waals surface area contributed by atoms with Crippen molar-refractivity contribution < 1.29 is 4.52 Å². The maximum atomic E-state index is 6.05. The molecule has 0 radical (unpaired) electrons. The smallest absolute Gasteiger partial charge is 0.169 e. The van der Waals surface area contributed by atoms with Gasteiger partial charge in [-0.2, -0.15) is 0 Å². The first-order valence-corrected chi connectivity index (χ1v) is 8.46. The van der Waals surface area contributed by atoms with Crippen LogP contribution in [0.2, 0.25) is 5.02 Å². The van der Waals surface area contributed by atoms with Gasteiger partial charge >= 0.3 is 0 Å². The van der Waals surface area contributed by atoms with E-state index in [9.17, 15) is 0 Å². The van der Waals surface area contributed by atoms with E-state index in [0.717, 1.165) is 50.9 Å². The molecule has 0 aliphatic carbocycles. The summed E-state index contributed by atoms with van der Waals surface area (Å²) in [5.41, 5.74) is 6.23. The van der Waals surface area contributed by atoms with Gasteiger partial charge < -0.3 is 4.52 Å². The molecule has 0 unspecified atom stereocenters. The van der Waals surface area contributed by atoms with Gasteiger partial charge in [0.05, 0.1) is 17.0 Å². The molecule has 1 aliphatic rings. The van der Waals surface area contributed by atoms with Crippen LogP contribution in [-0.4, -0.2) is 10.9 Å². The lowest BCUT2D eigenvalue weighted by Crippen LogP contribution is -2.05. The normalized spacial score (nSPS) is 16.1. The maximum absolute atomic E-state index is 6.05. The lowest BCUT2D eigenvalue weighted by molar-refractivity contribution is 0.357. The van der Waals surface area contributed by atoms with E-state index < -0.39 is 0 Å². The fourth-order valence-electron chi connectivity index (χ4n) is 3.25. The summed E-state index contributed by atoms with van der Waals surface area (Å²) in [6.45, 7) is 4.10. The number of hydrogen-bond acceptors (Lipinski definition) is 3. The highest BCUT2D eigenvalue weighted by Crippen LogP contribution is 2.40. The van der Waals surface area contributed by atoms with Gasteiger partial charge in [0.25, 0.3) is 0 Å². The molecule has 0 N–H and O–H groups in total. The monoisotopic (exact) mass is 336 g/mol. The molecule has 0 saturated carbocycles. The molecule has 120 valence electrons. The van der Waals surface area contributed by atoms with E-state index in [-0.39, 0.29) is 6.04 Å². The van der Waals surface area contributed by atoms with Gasteiger partial charge in [-0.25, -0.2) is 0 Å². The zero-order valence-corrected chi connectivity index (χ0v) is 14.3. The van der Waals surface area contributed by atoms with Crippen molar-refractivity contribution >= 4 is 17.3 Å². The molecule has 4 rings (SSSR count). The highest BCUT2D eigenvalue weighted by Gasteiger charge is 2.29. The molecule has 2 aromatic carbocycles. The Morgan fingerprint density at radius 2 is 1.75 bits per heavy atom. The first kappa shape index (κ1) is 15.2. The number of nitrogens with zero attached hydrogens (tertiary/aromatic N) is 2. The summed E-state index contributed by atoms with van der Waals surface area (Å²) < 4.78 is 5.65. The molecule has 1 aliphatic heterocycles. The van der Waals surface area contributed by atoms with Gasteiger partial charge in [-0.15, -0.1) is 0 Å². The third-order valence-corrected chi connectivity index (χ3v) is 4.68. The topological polar surface area (TPSA) is 38.4 Å². The Hall–Kier alpha value is -2.39. The van der Waals surface area contributed by atoms with E-state index in [1.165, 1.54) is 0 Å². The number of benzene rings is 2. The molecular weight excluding hydrogens is 320 g/mol. The van der Waals surface area contributed by atoms with Gasteiger partial charge in [0.2, 0.25) is 0 Å². The molecule has 4 heteroatoms. The van der Waals surface area contributed by atoms with Gasteiger partial charge in [0.15, 0.2) is 5.76 Å². The van der Waals surface area contributed by atoms with Crippen LogP contribution in [0.25, 0.3) is 11.1 Å². The number of aromatic nitrogens is 1. The maximum Gasteiger partial charge on any atom is 0.169 e. The van der Waals surface area contributed by atoms with Gasteiger partial charge in [-0.1, -0.05) is 60.1 Å².